The maximum absolute atomic E-state index is 14.5. The summed E-state index contributed by atoms with van der Waals surface area (Å²) in [6.45, 7) is 18.1. The minimum atomic E-state index is -0.279. The zero-order chi connectivity index (χ0) is 26.2. The lowest BCUT2D eigenvalue weighted by Gasteiger charge is -2.08. The first kappa shape index (κ1) is 26.4. The lowest BCUT2D eigenvalue weighted by molar-refractivity contribution is 0.624. The second-order valence-electron chi connectivity index (χ2n) is 8.25. The van der Waals surface area contributed by atoms with Crippen molar-refractivity contribution in [2.45, 2.75) is 34.6 Å². The number of rotatable bonds is 6. The predicted octanol–water partition coefficient (Wildman–Crippen LogP) is 6.49. The van der Waals surface area contributed by atoms with E-state index in [1.807, 2.05) is 77.4 Å². The molecule has 2 N–H and O–H groups in total. The molecule has 0 unspecified atom stereocenters. The molecular formula is C31H33FN4. The van der Waals surface area contributed by atoms with Gasteiger partial charge in [-0.2, -0.15) is 5.10 Å². The van der Waals surface area contributed by atoms with Crippen molar-refractivity contribution in [1.29, 1.82) is 0 Å². The molecule has 0 aliphatic heterocycles. The second-order valence-corrected chi connectivity index (χ2v) is 8.25. The summed E-state index contributed by atoms with van der Waals surface area (Å²) in [6.07, 6.45) is 11.2. The van der Waals surface area contributed by atoms with Crippen molar-refractivity contribution >= 4 is 23.8 Å². The van der Waals surface area contributed by atoms with Gasteiger partial charge in [-0.15, -0.1) is 0 Å². The molecule has 0 saturated heterocycles. The number of aryl methyl sites for hydroxylation is 2. The van der Waals surface area contributed by atoms with Crippen LogP contribution in [0, 0.1) is 19.7 Å². The highest BCUT2D eigenvalue weighted by atomic mass is 19.1. The molecule has 3 aromatic heterocycles. The average Bonchev–Trinajstić information content (AvgIpc) is 3.44. The number of H-pyrrole nitrogens is 2. The Morgan fingerprint density at radius 1 is 1.03 bits per heavy atom. The van der Waals surface area contributed by atoms with Gasteiger partial charge in [-0.3, -0.25) is 10.1 Å². The first-order valence-corrected chi connectivity index (χ1v) is 12.0. The summed E-state index contributed by atoms with van der Waals surface area (Å²) >= 11 is 0. The Morgan fingerprint density at radius 3 is 2.47 bits per heavy atom. The highest BCUT2D eigenvalue weighted by molar-refractivity contribution is 5.84. The van der Waals surface area contributed by atoms with Crippen LogP contribution in [0.5, 0.6) is 0 Å². The zero-order valence-electron chi connectivity index (χ0n) is 21.6. The number of hydrogen-bond donors (Lipinski definition) is 2. The van der Waals surface area contributed by atoms with Gasteiger partial charge >= 0.3 is 0 Å². The van der Waals surface area contributed by atoms with Gasteiger partial charge in [-0.25, -0.2) is 4.39 Å². The standard InChI is InChI=1S/C29H27FN4.C2H6/c1-6-9-23(24-10-7-8-11-26(24)30)25-15-28(32-21(25)5)29-20(4)27(33-34-29)13-12-19(3)22-14-18(2)16-31-17-22;1-2/h6-17,32-33H,1,4H2,2-3,5H3;1-2H3/b19-12+,23-9-,27-13+;. The largest absolute Gasteiger partial charge is 0.357 e. The molecule has 0 atom stereocenters. The van der Waals surface area contributed by atoms with E-state index in [1.54, 1.807) is 18.2 Å². The van der Waals surface area contributed by atoms with Crippen molar-refractivity contribution in [1.82, 2.24) is 20.2 Å². The Labute approximate surface area is 212 Å². The highest BCUT2D eigenvalue weighted by Crippen LogP contribution is 2.30. The molecule has 0 fully saturated rings. The number of aromatic nitrogens is 4. The first-order valence-electron chi connectivity index (χ1n) is 12.0. The summed E-state index contributed by atoms with van der Waals surface area (Å²) in [5.74, 6) is -0.279. The van der Waals surface area contributed by atoms with Crippen LogP contribution < -0.4 is 10.6 Å². The Morgan fingerprint density at radius 2 is 1.78 bits per heavy atom. The van der Waals surface area contributed by atoms with Gasteiger partial charge in [0.25, 0.3) is 0 Å². The molecule has 4 aromatic rings. The number of aromatic amines is 2. The Balaban J connectivity index is 0.00000176. The molecule has 1 aromatic carbocycles. The number of allylic oxidation sites excluding steroid dienone is 4. The summed E-state index contributed by atoms with van der Waals surface area (Å²) in [4.78, 5) is 7.64. The van der Waals surface area contributed by atoms with Crippen molar-refractivity contribution in [2.75, 3.05) is 0 Å². The van der Waals surface area contributed by atoms with Crippen LogP contribution in [0.2, 0.25) is 0 Å². The molecule has 0 aliphatic rings. The normalized spacial score (nSPS) is 12.3. The molecule has 0 aliphatic carbocycles. The summed E-state index contributed by atoms with van der Waals surface area (Å²) in [6, 6.07) is 10.8. The van der Waals surface area contributed by atoms with Gasteiger partial charge in [0.1, 0.15) is 11.5 Å². The minimum absolute atomic E-state index is 0.279. The van der Waals surface area contributed by atoms with Crippen LogP contribution in [0.4, 0.5) is 4.39 Å². The maximum atomic E-state index is 14.5. The van der Waals surface area contributed by atoms with E-state index in [2.05, 4.69) is 39.4 Å². The van der Waals surface area contributed by atoms with E-state index in [9.17, 15) is 4.39 Å². The number of benzene rings is 1. The van der Waals surface area contributed by atoms with E-state index in [4.69, 9.17) is 0 Å². The molecule has 4 rings (SSSR count). The topological polar surface area (TPSA) is 57.4 Å². The summed E-state index contributed by atoms with van der Waals surface area (Å²) in [7, 11) is 0. The lowest BCUT2D eigenvalue weighted by atomic mass is 9.97. The van der Waals surface area contributed by atoms with Crippen LogP contribution >= 0.6 is 0 Å². The van der Waals surface area contributed by atoms with Gasteiger partial charge in [0, 0.05) is 34.4 Å². The van der Waals surface area contributed by atoms with E-state index in [-0.39, 0.29) is 5.82 Å². The zero-order valence-corrected chi connectivity index (χ0v) is 21.6. The van der Waals surface area contributed by atoms with Crippen LogP contribution in [-0.2, 0) is 0 Å². The van der Waals surface area contributed by atoms with Crippen molar-refractivity contribution in [3.63, 3.8) is 0 Å². The van der Waals surface area contributed by atoms with Crippen molar-refractivity contribution in [2.24, 2.45) is 0 Å². The maximum Gasteiger partial charge on any atom is 0.131 e. The van der Waals surface area contributed by atoms with E-state index in [0.29, 0.717) is 5.56 Å². The van der Waals surface area contributed by atoms with Crippen LogP contribution in [-0.4, -0.2) is 20.2 Å². The first-order chi connectivity index (χ1) is 17.4. The average molecular weight is 481 g/mol. The smallest absolute Gasteiger partial charge is 0.131 e. The van der Waals surface area contributed by atoms with Gasteiger partial charge < -0.3 is 4.98 Å². The van der Waals surface area contributed by atoms with Crippen LogP contribution in [0.1, 0.15) is 48.7 Å². The van der Waals surface area contributed by atoms with Gasteiger partial charge in [-0.05, 0) is 67.3 Å². The molecule has 0 spiro atoms. The molecule has 0 bridgehead atoms. The third-order valence-electron chi connectivity index (χ3n) is 5.74. The van der Waals surface area contributed by atoms with Gasteiger partial charge in [0.2, 0.25) is 0 Å². The van der Waals surface area contributed by atoms with Crippen molar-refractivity contribution in [3.05, 3.63) is 118 Å². The SMILES string of the molecule is C=C/C=C(/c1ccccc1F)c1cc(-c2n[nH]/c(=C/C=C(\C)c3cncc(C)c3)c2=C)[nH]c1C.CC. The molecule has 0 radical (unpaired) electrons. The van der Waals surface area contributed by atoms with Crippen LogP contribution in [0.3, 0.4) is 0 Å². The van der Waals surface area contributed by atoms with Crippen LogP contribution in [0.15, 0.2) is 73.6 Å². The number of nitrogens with zero attached hydrogens (tertiary/aromatic N) is 2. The van der Waals surface area contributed by atoms with Crippen LogP contribution in [0.25, 0.3) is 35.2 Å². The molecule has 5 heteroatoms. The summed E-state index contributed by atoms with van der Waals surface area (Å²) in [5.41, 5.74) is 7.87. The van der Waals surface area contributed by atoms with Gasteiger partial charge in [0.05, 0.1) is 11.0 Å². The monoisotopic (exact) mass is 480 g/mol. The van der Waals surface area contributed by atoms with E-state index < -0.39 is 0 Å². The number of halogens is 1. The Kier molecular flexibility index (Phi) is 8.74. The molecular weight excluding hydrogens is 447 g/mol. The third kappa shape index (κ3) is 5.69. The molecule has 184 valence electrons. The molecule has 4 nitrogen and oxygen atoms in total. The summed E-state index contributed by atoms with van der Waals surface area (Å²) in [5, 5.41) is 9.17. The quantitative estimate of drug-likeness (QED) is 0.310. The van der Waals surface area contributed by atoms with E-state index in [0.717, 1.165) is 55.5 Å². The highest BCUT2D eigenvalue weighted by Gasteiger charge is 2.16. The number of pyridine rings is 1. The third-order valence-corrected chi connectivity index (χ3v) is 5.74. The lowest BCUT2D eigenvalue weighted by Crippen LogP contribution is -2.21. The fourth-order valence-corrected chi connectivity index (χ4v) is 3.90. The molecule has 0 amide bonds. The second kappa shape index (κ2) is 11.9. The van der Waals surface area contributed by atoms with Crippen molar-refractivity contribution in [3.8, 4) is 11.4 Å². The van der Waals surface area contributed by atoms with E-state index in [1.165, 1.54) is 6.07 Å². The molecule has 3 heterocycles. The Hall–Kier alpha value is -4.25. The minimum Gasteiger partial charge on any atom is -0.357 e. The van der Waals surface area contributed by atoms with E-state index >= 15 is 0 Å². The molecule has 36 heavy (non-hydrogen) atoms. The van der Waals surface area contributed by atoms with Crippen molar-refractivity contribution < 1.29 is 4.39 Å². The van der Waals surface area contributed by atoms with Gasteiger partial charge in [0.15, 0.2) is 0 Å². The fraction of sp³-hybridized carbons (Fsp3) is 0.161. The van der Waals surface area contributed by atoms with Gasteiger partial charge in [-0.1, -0.05) is 63.4 Å². The molecule has 0 saturated carbocycles. The number of hydrogen-bond acceptors (Lipinski definition) is 2. The number of nitrogens with one attached hydrogen (secondary N) is 2. The fourth-order valence-electron chi connectivity index (χ4n) is 3.90. The Bertz CT molecular complexity index is 1530. The predicted molar refractivity (Wildman–Crippen MR) is 150 cm³/mol. The summed E-state index contributed by atoms with van der Waals surface area (Å²) < 4.78 is 14.5.